The number of benzene rings is 4. The average Bonchev–Trinajstić information content (AvgIpc) is 3.59. The Balaban J connectivity index is 1.13. The normalized spacial score (nSPS) is 13.6. The van der Waals surface area contributed by atoms with Gasteiger partial charge in [-0.15, -0.1) is 0 Å². The number of sulfonamides is 1. The van der Waals surface area contributed by atoms with E-state index in [4.69, 9.17) is 4.98 Å². The summed E-state index contributed by atoms with van der Waals surface area (Å²) in [5.41, 5.74) is 5.20. The molecule has 0 radical (unpaired) electrons. The van der Waals surface area contributed by atoms with Crippen molar-refractivity contribution in [1.82, 2.24) is 4.98 Å². The van der Waals surface area contributed by atoms with Gasteiger partial charge in [-0.3, -0.25) is 14.4 Å². The highest BCUT2D eigenvalue weighted by molar-refractivity contribution is 7.92. The molecule has 0 spiro atoms. The minimum absolute atomic E-state index is 0.161. The largest absolute Gasteiger partial charge is 0.298 e. The molecule has 5 aromatic rings. The standard InChI is InChI=1S/C28H19N3O3S2/c32-27(30-28-29-25-21-8-3-6-18-7-4-9-22(24(18)21)26(25)35-28)19-11-13-20(14-12-19)36(33,34)31-16-15-17-5-1-2-10-23(17)31/h1-14H,15-16H2,(H,29,30,32). The van der Waals surface area contributed by atoms with Crippen LogP contribution in [0.2, 0.25) is 0 Å². The van der Waals surface area contributed by atoms with Crippen LogP contribution in [-0.4, -0.2) is 25.9 Å². The van der Waals surface area contributed by atoms with Gasteiger partial charge in [-0.1, -0.05) is 65.9 Å². The Kier molecular flexibility index (Phi) is 4.58. The van der Waals surface area contributed by atoms with Crippen molar-refractivity contribution >= 4 is 48.9 Å². The SMILES string of the molecule is O=C(Nc1nc2c(s1)-c1cccc3cccc-2c13)c1ccc(S(=O)(=O)N2CCc3ccccc32)cc1. The monoisotopic (exact) mass is 509 g/mol. The number of para-hydroxylation sites is 1. The summed E-state index contributed by atoms with van der Waals surface area (Å²) in [6.07, 6.45) is 0.687. The molecule has 2 heterocycles. The van der Waals surface area contributed by atoms with Crippen molar-refractivity contribution in [3.63, 3.8) is 0 Å². The number of aromatic nitrogens is 1. The topological polar surface area (TPSA) is 79.4 Å². The number of hydrogen-bond donors (Lipinski definition) is 1. The van der Waals surface area contributed by atoms with Crippen LogP contribution in [0.5, 0.6) is 0 Å². The van der Waals surface area contributed by atoms with Crippen molar-refractivity contribution in [2.75, 3.05) is 16.2 Å². The van der Waals surface area contributed by atoms with Crippen LogP contribution in [0.1, 0.15) is 15.9 Å². The molecule has 1 aromatic heterocycles. The molecule has 0 saturated heterocycles. The zero-order valence-electron chi connectivity index (χ0n) is 18.9. The fourth-order valence-electron chi connectivity index (χ4n) is 5.10. The van der Waals surface area contributed by atoms with Crippen LogP contribution in [0, 0.1) is 0 Å². The second-order valence-electron chi connectivity index (χ2n) is 8.84. The van der Waals surface area contributed by atoms with Gasteiger partial charge in [0, 0.05) is 23.2 Å². The number of fused-ring (bicyclic) bond motifs is 4. The summed E-state index contributed by atoms with van der Waals surface area (Å²) in [4.78, 5) is 18.9. The van der Waals surface area contributed by atoms with Gasteiger partial charge in [-0.2, -0.15) is 0 Å². The van der Waals surface area contributed by atoms with Gasteiger partial charge in [0.05, 0.1) is 21.2 Å². The number of carbonyl (C=O) groups is 1. The first-order chi connectivity index (χ1) is 17.5. The van der Waals surface area contributed by atoms with E-state index in [1.807, 2.05) is 36.4 Å². The van der Waals surface area contributed by atoms with E-state index in [9.17, 15) is 13.2 Å². The molecule has 7 rings (SSSR count). The summed E-state index contributed by atoms with van der Waals surface area (Å²) in [5.74, 6) is -0.329. The van der Waals surface area contributed by atoms with Gasteiger partial charge in [-0.05, 0) is 53.1 Å². The number of hydrogen-bond acceptors (Lipinski definition) is 5. The number of amides is 1. The Hall–Kier alpha value is -4.01. The fraction of sp³-hybridized carbons (Fsp3) is 0.0714. The summed E-state index contributed by atoms with van der Waals surface area (Å²) in [5, 5.41) is 5.77. The Morgan fingerprint density at radius 3 is 2.44 bits per heavy atom. The van der Waals surface area contributed by atoms with Crippen LogP contribution in [0.4, 0.5) is 10.8 Å². The summed E-state index contributed by atoms with van der Waals surface area (Å²) < 4.78 is 27.9. The number of carbonyl (C=O) groups excluding carboxylic acids is 1. The maximum atomic E-state index is 13.2. The average molecular weight is 510 g/mol. The molecule has 6 nitrogen and oxygen atoms in total. The van der Waals surface area contributed by atoms with E-state index < -0.39 is 10.0 Å². The molecule has 0 atom stereocenters. The number of anilines is 2. The molecule has 0 bridgehead atoms. The van der Waals surface area contributed by atoms with Crippen molar-refractivity contribution in [1.29, 1.82) is 0 Å². The van der Waals surface area contributed by atoms with Gasteiger partial charge in [0.25, 0.3) is 15.9 Å². The lowest BCUT2D eigenvalue weighted by Crippen LogP contribution is -2.29. The number of rotatable bonds is 4. The molecule has 1 N–H and O–H groups in total. The molecule has 0 unspecified atom stereocenters. The predicted octanol–water partition coefficient (Wildman–Crippen LogP) is 5.95. The van der Waals surface area contributed by atoms with E-state index >= 15 is 0 Å². The summed E-state index contributed by atoms with van der Waals surface area (Å²) >= 11 is 1.45. The van der Waals surface area contributed by atoms with Gasteiger partial charge in [0.15, 0.2) is 5.13 Å². The summed E-state index contributed by atoms with van der Waals surface area (Å²) in [7, 11) is -3.71. The van der Waals surface area contributed by atoms with Crippen molar-refractivity contribution in [3.05, 3.63) is 96.1 Å². The lowest BCUT2D eigenvalue weighted by Gasteiger charge is -2.19. The summed E-state index contributed by atoms with van der Waals surface area (Å²) in [6, 6.07) is 26.0. The van der Waals surface area contributed by atoms with Crippen molar-refractivity contribution in [3.8, 4) is 21.7 Å². The third-order valence-electron chi connectivity index (χ3n) is 6.80. The zero-order valence-corrected chi connectivity index (χ0v) is 20.6. The van der Waals surface area contributed by atoms with Crippen molar-refractivity contribution < 1.29 is 13.2 Å². The lowest BCUT2D eigenvalue weighted by molar-refractivity contribution is 0.102. The maximum absolute atomic E-state index is 13.2. The first-order valence-electron chi connectivity index (χ1n) is 11.6. The van der Waals surface area contributed by atoms with Crippen LogP contribution in [0.25, 0.3) is 32.5 Å². The Bertz CT molecular complexity index is 1750. The van der Waals surface area contributed by atoms with E-state index in [0.717, 1.165) is 27.3 Å². The van der Waals surface area contributed by atoms with Gasteiger partial charge < -0.3 is 0 Å². The molecule has 176 valence electrons. The Morgan fingerprint density at radius 2 is 1.64 bits per heavy atom. The minimum atomic E-state index is -3.71. The first kappa shape index (κ1) is 21.3. The van der Waals surface area contributed by atoms with E-state index in [-0.39, 0.29) is 10.8 Å². The third-order valence-corrected chi connectivity index (χ3v) is 9.63. The maximum Gasteiger partial charge on any atom is 0.264 e. The van der Waals surface area contributed by atoms with Crippen LogP contribution in [-0.2, 0) is 16.4 Å². The van der Waals surface area contributed by atoms with Crippen LogP contribution in [0.3, 0.4) is 0 Å². The summed E-state index contributed by atoms with van der Waals surface area (Å²) in [6.45, 7) is 0.412. The quantitative estimate of drug-likeness (QED) is 0.319. The smallest absolute Gasteiger partial charge is 0.264 e. The van der Waals surface area contributed by atoms with Crippen LogP contribution >= 0.6 is 11.3 Å². The molecule has 0 fully saturated rings. The van der Waals surface area contributed by atoms with E-state index in [2.05, 4.69) is 29.6 Å². The molecule has 1 aliphatic carbocycles. The van der Waals surface area contributed by atoms with Crippen LogP contribution < -0.4 is 9.62 Å². The molecule has 1 aliphatic heterocycles. The van der Waals surface area contributed by atoms with Crippen LogP contribution in [0.15, 0.2) is 89.8 Å². The van der Waals surface area contributed by atoms with Gasteiger partial charge in [-0.25, -0.2) is 13.4 Å². The van der Waals surface area contributed by atoms with E-state index in [1.54, 1.807) is 12.1 Å². The van der Waals surface area contributed by atoms with Gasteiger partial charge in [0.2, 0.25) is 0 Å². The molecule has 0 saturated carbocycles. The fourth-order valence-corrected chi connectivity index (χ4v) is 7.61. The molecule has 2 aliphatic rings. The van der Waals surface area contributed by atoms with Gasteiger partial charge in [0.1, 0.15) is 0 Å². The van der Waals surface area contributed by atoms with Crippen molar-refractivity contribution in [2.24, 2.45) is 0 Å². The second-order valence-corrected chi connectivity index (χ2v) is 11.7. The van der Waals surface area contributed by atoms with Crippen molar-refractivity contribution in [2.45, 2.75) is 11.3 Å². The zero-order chi connectivity index (χ0) is 24.4. The second kappa shape index (κ2) is 7.74. The molecule has 36 heavy (non-hydrogen) atoms. The van der Waals surface area contributed by atoms with Gasteiger partial charge >= 0.3 is 0 Å². The highest BCUT2D eigenvalue weighted by atomic mass is 32.2. The van der Waals surface area contributed by atoms with E-state index in [0.29, 0.717) is 29.3 Å². The predicted molar refractivity (Wildman–Crippen MR) is 143 cm³/mol. The Morgan fingerprint density at radius 1 is 0.889 bits per heavy atom. The number of nitrogens with one attached hydrogen (secondary N) is 1. The lowest BCUT2D eigenvalue weighted by atomic mass is 10.0. The first-order valence-corrected chi connectivity index (χ1v) is 13.8. The third kappa shape index (κ3) is 3.11. The van der Waals surface area contributed by atoms with E-state index in [1.165, 1.54) is 38.5 Å². The molecule has 1 amide bonds. The Labute approximate surface area is 211 Å². The molecule has 8 heteroatoms. The molecular formula is C28H19N3O3S2. The number of thiazole rings is 1. The minimum Gasteiger partial charge on any atom is -0.298 e. The number of nitrogens with zero attached hydrogens (tertiary/aromatic N) is 2. The highest BCUT2D eigenvalue weighted by Crippen LogP contribution is 2.50. The highest BCUT2D eigenvalue weighted by Gasteiger charge is 2.31. The molecular weight excluding hydrogens is 490 g/mol. The molecule has 4 aromatic carbocycles.